The number of rotatable bonds is 4. The molecule has 3 rings (SSSR count). The van der Waals surface area contributed by atoms with Gasteiger partial charge in [0.05, 0.1) is 27.9 Å². The van der Waals surface area contributed by atoms with Gasteiger partial charge in [-0.15, -0.1) is 0 Å². The van der Waals surface area contributed by atoms with E-state index < -0.39 is 5.60 Å². The summed E-state index contributed by atoms with van der Waals surface area (Å²) in [6.45, 7) is 12.9. The van der Waals surface area contributed by atoms with Gasteiger partial charge in [-0.05, 0) is 96.2 Å². The molecule has 0 unspecified atom stereocenters. The molecule has 2 saturated carbocycles. The first kappa shape index (κ1) is 21.1. The van der Waals surface area contributed by atoms with Gasteiger partial charge in [-0.2, -0.15) is 7.05 Å². The zero-order valence-electron chi connectivity index (χ0n) is 17.3. The molecule has 1 saturated heterocycles. The molecule has 0 bridgehead atoms. The molecular formula is C22H36N2O2S. The first-order valence-electron chi connectivity index (χ1n) is 10.3. The Morgan fingerprint density at radius 1 is 1.33 bits per heavy atom. The van der Waals surface area contributed by atoms with Crippen LogP contribution in [0.3, 0.4) is 0 Å². The van der Waals surface area contributed by atoms with Crippen LogP contribution in [0.4, 0.5) is 0 Å². The predicted molar refractivity (Wildman–Crippen MR) is 111 cm³/mol. The molecule has 0 amide bonds. The molecule has 1 heterocycles. The molecule has 0 radical (unpaired) electrons. The van der Waals surface area contributed by atoms with Crippen LogP contribution in [0.1, 0.15) is 66.2 Å². The van der Waals surface area contributed by atoms with Crippen molar-refractivity contribution in [3.8, 4) is 0 Å². The smallest absolute Gasteiger partial charge is 0.110 e. The van der Waals surface area contributed by atoms with Crippen LogP contribution in [0.2, 0.25) is 0 Å². The van der Waals surface area contributed by atoms with Crippen LogP contribution in [0.15, 0.2) is 17.1 Å². The molecule has 7 atom stereocenters. The SMILES string of the molecule is C=C1CC[C@H]([C@@]2(C)CC[C@@H](C(C)(C)[NH2+][CH2-])O2)[C@@H]2[C@@H]1CC[C@@](C)(O)[C@H]2N=C=S. The number of fused-ring (bicyclic) bond motifs is 1. The number of hydrogen-bond acceptors (Lipinski definition) is 4. The molecule has 0 aromatic heterocycles. The van der Waals surface area contributed by atoms with Gasteiger partial charge in [0.25, 0.3) is 0 Å². The number of isothiocyanates is 1. The van der Waals surface area contributed by atoms with Crippen molar-refractivity contribution >= 4 is 17.4 Å². The highest BCUT2D eigenvalue weighted by molar-refractivity contribution is 7.78. The molecule has 0 aromatic carbocycles. The maximum absolute atomic E-state index is 11.1. The summed E-state index contributed by atoms with van der Waals surface area (Å²) in [5.41, 5.74) is 0.203. The number of thiocarbonyl (C=S) groups is 1. The Kier molecular flexibility index (Phi) is 5.75. The lowest BCUT2D eigenvalue weighted by atomic mass is 9.55. The average molecular weight is 393 g/mol. The summed E-state index contributed by atoms with van der Waals surface area (Å²) in [6, 6.07) is -0.234. The number of nitrogens with zero attached hydrogens (tertiary/aromatic N) is 1. The highest BCUT2D eigenvalue weighted by Crippen LogP contribution is 2.56. The maximum Gasteiger partial charge on any atom is 0.110 e. The quantitative estimate of drug-likeness (QED) is 0.334. The minimum Gasteiger partial charge on any atom is -0.472 e. The fraction of sp³-hybridized carbons (Fsp3) is 0.818. The average Bonchev–Trinajstić information content (AvgIpc) is 3.01. The normalized spacial score (nSPS) is 45.3. The summed E-state index contributed by atoms with van der Waals surface area (Å²) in [5, 5.41) is 15.7. The van der Waals surface area contributed by atoms with Crippen molar-refractivity contribution in [3.63, 3.8) is 0 Å². The van der Waals surface area contributed by atoms with Crippen molar-refractivity contribution in [2.24, 2.45) is 22.7 Å². The number of quaternary nitrogens is 1. The van der Waals surface area contributed by atoms with Gasteiger partial charge in [0.2, 0.25) is 0 Å². The van der Waals surface area contributed by atoms with Crippen LogP contribution >= 0.6 is 12.2 Å². The Morgan fingerprint density at radius 2 is 2.04 bits per heavy atom. The van der Waals surface area contributed by atoms with E-state index in [9.17, 15) is 5.11 Å². The largest absolute Gasteiger partial charge is 0.472 e. The maximum atomic E-state index is 11.1. The van der Waals surface area contributed by atoms with E-state index in [4.69, 9.17) is 17.0 Å². The van der Waals surface area contributed by atoms with Crippen LogP contribution in [-0.2, 0) is 4.74 Å². The van der Waals surface area contributed by atoms with E-state index in [0.29, 0.717) is 11.8 Å². The topological polar surface area (TPSA) is 58.4 Å². The molecule has 1 aliphatic heterocycles. The van der Waals surface area contributed by atoms with Crippen molar-refractivity contribution in [1.82, 2.24) is 0 Å². The van der Waals surface area contributed by atoms with E-state index in [1.54, 1.807) is 0 Å². The number of nitrogens with two attached hydrogens (primary N) is 1. The van der Waals surface area contributed by atoms with Gasteiger partial charge in [-0.3, -0.25) is 0 Å². The minimum absolute atomic E-state index is 0.0422. The second kappa shape index (κ2) is 7.35. The molecule has 27 heavy (non-hydrogen) atoms. The monoisotopic (exact) mass is 392 g/mol. The molecule has 0 spiro atoms. The van der Waals surface area contributed by atoms with E-state index in [1.165, 1.54) is 5.57 Å². The van der Waals surface area contributed by atoms with Gasteiger partial charge in [0, 0.05) is 0 Å². The third kappa shape index (κ3) is 3.70. The number of aliphatic hydroxyl groups is 1. The van der Waals surface area contributed by atoms with Crippen LogP contribution in [0.25, 0.3) is 0 Å². The van der Waals surface area contributed by atoms with Crippen molar-refractivity contribution < 1.29 is 15.2 Å². The zero-order valence-corrected chi connectivity index (χ0v) is 18.1. The lowest BCUT2D eigenvalue weighted by Gasteiger charge is -2.54. The summed E-state index contributed by atoms with van der Waals surface area (Å²) in [6.07, 6.45) is 6.03. The Bertz CT molecular complexity index is 640. The van der Waals surface area contributed by atoms with Crippen LogP contribution in [0.5, 0.6) is 0 Å². The third-order valence-corrected chi connectivity index (χ3v) is 7.95. The Balaban J connectivity index is 1.94. The Labute approximate surface area is 169 Å². The molecule has 3 aliphatic rings. The first-order valence-corrected chi connectivity index (χ1v) is 10.7. The second-order valence-corrected chi connectivity index (χ2v) is 10.2. The van der Waals surface area contributed by atoms with E-state index in [0.717, 1.165) is 38.5 Å². The molecule has 2 aliphatic carbocycles. The molecule has 3 N–H and O–H groups in total. The summed E-state index contributed by atoms with van der Waals surface area (Å²) >= 11 is 4.95. The number of allylic oxidation sites excluding steroid dienone is 1. The van der Waals surface area contributed by atoms with E-state index in [2.05, 4.69) is 44.6 Å². The fourth-order valence-electron chi connectivity index (χ4n) is 5.90. The lowest BCUT2D eigenvalue weighted by molar-refractivity contribution is -0.678. The third-order valence-electron chi connectivity index (χ3n) is 7.84. The standard InChI is InChI=1S/C22H36N2O2S/c1-14-7-8-16(22(5)12-10-17(26-22)20(2,3)23-6)18-15(14)9-11-21(4,25)19(18)24-13-27/h15-19,25H,1,6-12,23H2,2-5H3/t15-,16+,17+,18+,19+,21-,22-/m1/s1. The second-order valence-electron chi connectivity index (χ2n) is 10.0. The first-order chi connectivity index (χ1) is 12.6. The van der Waals surface area contributed by atoms with Gasteiger partial charge in [-0.25, -0.2) is 4.99 Å². The molecular weight excluding hydrogens is 356 g/mol. The van der Waals surface area contributed by atoms with Crippen LogP contribution < -0.4 is 5.32 Å². The highest BCUT2D eigenvalue weighted by Gasteiger charge is 2.58. The molecule has 3 fully saturated rings. The summed E-state index contributed by atoms with van der Waals surface area (Å²) < 4.78 is 6.75. The Morgan fingerprint density at radius 3 is 2.67 bits per heavy atom. The highest BCUT2D eigenvalue weighted by atomic mass is 32.1. The molecule has 0 aromatic rings. The number of hydrogen-bond donors (Lipinski definition) is 2. The van der Waals surface area contributed by atoms with Crippen LogP contribution in [0, 0.1) is 24.8 Å². The molecule has 152 valence electrons. The van der Waals surface area contributed by atoms with Gasteiger partial charge in [-0.1, -0.05) is 12.2 Å². The zero-order chi connectivity index (χ0) is 20.0. The van der Waals surface area contributed by atoms with Gasteiger partial charge in [0.15, 0.2) is 0 Å². The van der Waals surface area contributed by atoms with Crippen molar-refractivity contribution in [2.45, 2.75) is 95.1 Å². The summed E-state index contributed by atoms with van der Waals surface area (Å²) in [7, 11) is 4.01. The van der Waals surface area contributed by atoms with E-state index in [1.807, 2.05) is 12.2 Å². The van der Waals surface area contributed by atoms with E-state index in [-0.39, 0.29) is 29.2 Å². The Hall–Kier alpha value is -0.580. The molecule has 4 nitrogen and oxygen atoms in total. The summed E-state index contributed by atoms with van der Waals surface area (Å²) in [5.74, 6) is 0.927. The number of ether oxygens (including phenoxy) is 1. The van der Waals surface area contributed by atoms with Crippen LogP contribution in [-0.4, -0.2) is 39.2 Å². The van der Waals surface area contributed by atoms with Crippen molar-refractivity contribution in [3.05, 3.63) is 19.2 Å². The van der Waals surface area contributed by atoms with E-state index >= 15 is 0 Å². The summed E-state index contributed by atoms with van der Waals surface area (Å²) in [4.78, 5) is 4.49. The van der Waals surface area contributed by atoms with Gasteiger partial charge < -0.3 is 15.2 Å². The van der Waals surface area contributed by atoms with Gasteiger partial charge >= 0.3 is 0 Å². The van der Waals surface area contributed by atoms with Gasteiger partial charge in [0.1, 0.15) is 6.10 Å². The number of aliphatic imine (C=N–C) groups is 1. The van der Waals surface area contributed by atoms with Crippen molar-refractivity contribution in [1.29, 1.82) is 0 Å². The minimum atomic E-state index is -0.850. The molecule has 5 heteroatoms. The van der Waals surface area contributed by atoms with Crippen molar-refractivity contribution in [2.75, 3.05) is 0 Å². The predicted octanol–water partition coefficient (Wildman–Crippen LogP) is 3.27. The fourth-order valence-corrected chi connectivity index (χ4v) is 6.01. The lowest BCUT2D eigenvalue weighted by Crippen LogP contribution is -2.92.